The van der Waals surface area contributed by atoms with Gasteiger partial charge in [-0.3, -0.25) is 4.79 Å². The molecular weight excluding hydrogens is 240 g/mol. The number of hydrogen-bond acceptors (Lipinski definition) is 3. The summed E-state index contributed by atoms with van der Waals surface area (Å²) in [6.45, 7) is 3.08. The largest absolute Gasteiger partial charge is 0.381 e. The lowest BCUT2D eigenvalue weighted by Crippen LogP contribution is -2.40. The first-order valence-electron chi connectivity index (χ1n) is 7.79. The fraction of sp³-hybridized carbons (Fsp3) is 0.933. The average Bonchev–Trinajstić information content (AvgIpc) is 2.47. The van der Waals surface area contributed by atoms with Crippen LogP contribution in [0.4, 0.5) is 0 Å². The third-order valence-corrected chi connectivity index (χ3v) is 4.73. The van der Waals surface area contributed by atoms with E-state index in [9.17, 15) is 4.79 Å². The molecule has 2 aliphatic rings. The van der Waals surface area contributed by atoms with E-state index >= 15 is 0 Å². The second kappa shape index (κ2) is 7.25. The summed E-state index contributed by atoms with van der Waals surface area (Å²) in [5, 5.41) is 3.08. The Hall–Kier alpha value is -0.610. The zero-order chi connectivity index (χ0) is 13.6. The topological polar surface area (TPSA) is 64.4 Å². The molecule has 1 aliphatic carbocycles. The van der Waals surface area contributed by atoms with Gasteiger partial charge in [0.2, 0.25) is 5.91 Å². The van der Waals surface area contributed by atoms with Crippen LogP contribution < -0.4 is 11.1 Å². The molecule has 0 aromatic rings. The van der Waals surface area contributed by atoms with Crippen molar-refractivity contribution in [1.29, 1.82) is 0 Å². The van der Waals surface area contributed by atoms with Crippen molar-refractivity contribution in [2.45, 2.75) is 51.4 Å². The monoisotopic (exact) mass is 268 g/mol. The summed E-state index contributed by atoms with van der Waals surface area (Å²) in [4.78, 5) is 12.1. The number of nitrogens with two attached hydrogens (primary N) is 1. The standard InChI is InChI=1S/C15H28N2O2/c16-12-15(6-2-1-3-7-15)9-14(18)17-10-13-5-4-8-19-11-13/h13H,1-12,16H2,(H,17,18). The molecule has 1 saturated carbocycles. The van der Waals surface area contributed by atoms with Gasteiger partial charge in [-0.15, -0.1) is 0 Å². The molecule has 110 valence electrons. The lowest BCUT2D eigenvalue weighted by molar-refractivity contribution is -0.124. The molecule has 3 N–H and O–H groups in total. The van der Waals surface area contributed by atoms with E-state index in [2.05, 4.69) is 5.32 Å². The summed E-state index contributed by atoms with van der Waals surface area (Å²) >= 11 is 0. The van der Waals surface area contributed by atoms with Crippen LogP contribution >= 0.6 is 0 Å². The van der Waals surface area contributed by atoms with Crippen molar-refractivity contribution in [1.82, 2.24) is 5.32 Å². The predicted octanol–water partition coefficient (Wildman–Crippen LogP) is 1.83. The zero-order valence-electron chi connectivity index (χ0n) is 12.0. The first-order chi connectivity index (χ1) is 9.24. The summed E-state index contributed by atoms with van der Waals surface area (Å²) in [6, 6.07) is 0. The number of carbonyl (C=O) groups excluding carboxylic acids is 1. The summed E-state index contributed by atoms with van der Waals surface area (Å²) in [5.41, 5.74) is 6.00. The van der Waals surface area contributed by atoms with Crippen molar-refractivity contribution >= 4 is 5.91 Å². The zero-order valence-corrected chi connectivity index (χ0v) is 12.0. The molecule has 1 atom stereocenters. The Morgan fingerprint density at radius 2 is 2.05 bits per heavy atom. The average molecular weight is 268 g/mol. The highest BCUT2D eigenvalue weighted by molar-refractivity contribution is 5.76. The van der Waals surface area contributed by atoms with Crippen molar-refractivity contribution in [3.63, 3.8) is 0 Å². The normalized spacial score (nSPS) is 26.9. The molecule has 2 fully saturated rings. The second-order valence-corrected chi connectivity index (χ2v) is 6.33. The second-order valence-electron chi connectivity index (χ2n) is 6.33. The van der Waals surface area contributed by atoms with Gasteiger partial charge in [-0.2, -0.15) is 0 Å². The van der Waals surface area contributed by atoms with Crippen LogP contribution in [0.3, 0.4) is 0 Å². The molecule has 19 heavy (non-hydrogen) atoms. The Balaban J connectivity index is 1.72. The smallest absolute Gasteiger partial charge is 0.220 e. The maximum atomic E-state index is 12.1. The van der Waals surface area contributed by atoms with Crippen molar-refractivity contribution in [3.05, 3.63) is 0 Å². The molecule has 0 aromatic carbocycles. The highest BCUT2D eigenvalue weighted by atomic mass is 16.5. The Kier molecular flexibility index (Phi) is 5.64. The van der Waals surface area contributed by atoms with Crippen LogP contribution in [0, 0.1) is 11.3 Å². The quantitative estimate of drug-likeness (QED) is 0.799. The first kappa shape index (κ1) is 14.8. The Morgan fingerprint density at radius 3 is 2.68 bits per heavy atom. The van der Waals surface area contributed by atoms with Crippen LogP contribution in [-0.2, 0) is 9.53 Å². The molecule has 0 spiro atoms. The molecule has 1 saturated heterocycles. The van der Waals surface area contributed by atoms with E-state index in [-0.39, 0.29) is 11.3 Å². The van der Waals surface area contributed by atoms with Crippen molar-refractivity contribution in [3.8, 4) is 0 Å². The summed E-state index contributed by atoms with van der Waals surface area (Å²) in [7, 11) is 0. The van der Waals surface area contributed by atoms with Crippen LogP contribution in [-0.4, -0.2) is 32.2 Å². The van der Waals surface area contributed by atoms with Gasteiger partial charge in [0.25, 0.3) is 0 Å². The van der Waals surface area contributed by atoms with Crippen LogP contribution in [0.1, 0.15) is 51.4 Å². The molecule has 0 radical (unpaired) electrons. The van der Waals surface area contributed by atoms with E-state index in [0.29, 0.717) is 18.9 Å². The molecule has 4 nitrogen and oxygen atoms in total. The number of nitrogens with one attached hydrogen (secondary N) is 1. The lowest BCUT2D eigenvalue weighted by atomic mass is 9.71. The van der Waals surface area contributed by atoms with E-state index < -0.39 is 0 Å². The third-order valence-electron chi connectivity index (χ3n) is 4.73. The molecular formula is C15H28N2O2. The summed E-state index contributed by atoms with van der Waals surface area (Å²) < 4.78 is 5.43. The van der Waals surface area contributed by atoms with Gasteiger partial charge in [-0.25, -0.2) is 0 Å². The number of amides is 1. The first-order valence-corrected chi connectivity index (χ1v) is 7.79. The van der Waals surface area contributed by atoms with Crippen molar-refractivity contribution in [2.75, 3.05) is 26.3 Å². The summed E-state index contributed by atoms with van der Waals surface area (Å²) in [6.07, 6.45) is 8.87. The number of carbonyl (C=O) groups is 1. The fourth-order valence-electron chi connectivity index (χ4n) is 3.38. The molecule has 1 amide bonds. The van der Waals surface area contributed by atoms with Crippen LogP contribution in [0.5, 0.6) is 0 Å². The SMILES string of the molecule is NCC1(CC(=O)NCC2CCCOC2)CCCCC1. The Labute approximate surface area is 116 Å². The highest BCUT2D eigenvalue weighted by Crippen LogP contribution is 2.38. The highest BCUT2D eigenvalue weighted by Gasteiger charge is 2.33. The van der Waals surface area contributed by atoms with Crippen LogP contribution in [0.25, 0.3) is 0 Å². The van der Waals surface area contributed by atoms with Gasteiger partial charge in [0.1, 0.15) is 0 Å². The predicted molar refractivity (Wildman–Crippen MR) is 75.7 cm³/mol. The van der Waals surface area contributed by atoms with E-state index in [0.717, 1.165) is 39.0 Å². The fourth-order valence-corrected chi connectivity index (χ4v) is 3.38. The molecule has 1 unspecified atom stereocenters. The molecule has 4 heteroatoms. The molecule has 2 rings (SSSR count). The number of rotatable bonds is 5. The van der Waals surface area contributed by atoms with Gasteiger partial charge in [-0.1, -0.05) is 19.3 Å². The van der Waals surface area contributed by atoms with E-state index in [1.54, 1.807) is 0 Å². The maximum Gasteiger partial charge on any atom is 0.220 e. The number of hydrogen-bond donors (Lipinski definition) is 2. The Morgan fingerprint density at radius 1 is 1.26 bits per heavy atom. The van der Waals surface area contributed by atoms with Gasteiger partial charge in [0.05, 0.1) is 6.61 Å². The van der Waals surface area contributed by atoms with Gasteiger partial charge in [0, 0.05) is 19.6 Å². The minimum Gasteiger partial charge on any atom is -0.381 e. The van der Waals surface area contributed by atoms with Crippen molar-refractivity contribution in [2.24, 2.45) is 17.1 Å². The van der Waals surface area contributed by atoms with Crippen LogP contribution in [0.15, 0.2) is 0 Å². The minimum absolute atomic E-state index is 0.0748. The van der Waals surface area contributed by atoms with Gasteiger partial charge < -0.3 is 15.8 Å². The molecule has 1 heterocycles. The summed E-state index contributed by atoms with van der Waals surface area (Å²) in [5.74, 6) is 0.677. The van der Waals surface area contributed by atoms with Crippen LogP contribution in [0.2, 0.25) is 0 Å². The van der Waals surface area contributed by atoms with E-state index in [1.807, 2.05) is 0 Å². The number of ether oxygens (including phenoxy) is 1. The Bertz CT molecular complexity index is 282. The van der Waals surface area contributed by atoms with E-state index in [4.69, 9.17) is 10.5 Å². The minimum atomic E-state index is 0.0748. The van der Waals surface area contributed by atoms with Gasteiger partial charge in [-0.05, 0) is 43.6 Å². The van der Waals surface area contributed by atoms with Crippen molar-refractivity contribution < 1.29 is 9.53 Å². The molecule has 0 bridgehead atoms. The third kappa shape index (κ3) is 4.46. The lowest BCUT2D eigenvalue weighted by Gasteiger charge is -2.35. The van der Waals surface area contributed by atoms with Gasteiger partial charge in [0.15, 0.2) is 0 Å². The molecule has 1 aliphatic heterocycles. The van der Waals surface area contributed by atoms with Gasteiger partial charge >= 0.3 is 0 Å². The maximum absolute atomic E-state index is 12.1. The van der Waals surface area contributed by atoms with E-state index in [1.165, 1.54) is 25.7 Å². The molecule has 0 aromatic heterocycles.